The summed E-state index contributed by atoms with van der Waals surface area (Å²) in [5.74, 6) is 0.724. The number of nitrogens with zero attached hydrogens (tertiary/aromatic N) is 2. The number of anilines is 1. The summed E-state index contributed by atoms with van der Waals surface area (Å²) in [7, 11) is 1.68. The van der Waals surface area contributed by atoms with Gasteiger partial charge in [0, 0.05) is 29.9 Å². The number of rotatable bonds is 5. The van der Waals surface area contributed by atoms with E-state index in [0.717, 1.165) is 37.0 Å². The van der Waals surface area contributed by atoms with E-state index in [4.69, 9.17) is 10.5 Å². The van der Waals surface area contributed by atoms with Gasteiger partial charge in [-0.25, -0.2) is 9.97 Å². The number of amides is 1. The first-order valence-corrected chi connectivity index (χ1v) is 8.14. The van der Waals surface area contributed by atoms with Crippen LogP contribution in [0.5, 0.6) is 5.75 Å². The summed E-state index contributed by atoms with van der Waals surface area (Å²) in [6.45, 7) is 0.530. The second-order valence-corrected chi connectivity index (χ2v) is 6.16. The van der Waals surface area contributed by atoms with Crippen LogP contribution in [0.1, 0.15) is 41.7 Å². The predicted molar refractivity (Wildman–Crippen MR) is 91.9 cm³/mol. The van der Waals surface area contributed by atoms with E-state index in [2.05, 4.69) is 21.4 Å². The number of carbonyl (C=O) groups excluding carboxylic acids is 1. The Morgan fingerprint density at radius 2 is 1.96 bits per heavy atom. The topological polar surface area (TPSA) is 90.1 Å². The highest BCUT2D eigenvalue weighted by Crippen LogP contribution is 2.44. The van der Waals surface area contributed by atoms with Gasteiger partial charge < -0.3 is 15.8 Å². The van der Waals surface area contributed by atoms with E-state index in [1.165, 1.54) is 12.4 Å². The smallest absolute Gasteiger partial charge is 0.273 e. The van der Waals surface area contributed by atoms with E-state index in [1.54, 1.807) is 7.11 Å². The van der Waals surface area contributed by atoms with Crippen LogP contribution in [-0.2, 0) is 5.41 Å². The summed E-state index contributed by atoms with van der Waals surface area (Å²) in [5, 5.41) is 3.00. The fraction of sp³-hybridized carbons (Fsp3) is 0.389. The van der Waals surface area contributed by atoms with Crippen molar-refractivity contribution in [3.05, 3.63) is 47.9 Å². The molecule has 0 bridgehead atoms. The lowest BCUT2D eigenvalue weighted by atomic mass is 9.78. The monoisotopic (exact) mass is 326 g/mol. The maximum atomic E-state index is 12.4. The van der Waals surface area contributed by atoms with E-state index in [1.807, 2.05) is 18.2 Å². The Balaban J connectivity index is 1.82. The number of hydrogen-bond acceptors (Lipinski definition) is 5. The van der Waals surface area contributed by atoms with Crippen molar-refractivity contribution in [1.29, 1.82) is 0 Å². The maximum Gasteiger partial charge on any atom is 0.273 e. The summed E-state index contributed by atoms with van der Waals surface area (Å²) in [6.07, 6.45) is 7.26. The molecule has 2 aromatic rings. The molecular formula is C18H22N4O2. The summed E-state index contributed by atoms with van der Waals surface area (Å²) in [5.41, 5.74) is 6.95. The number of carbonyl (C=O) groups is 1. The maximum absolute atomic E-state index is 12.4. The van der Waals surface area contributed by atoms with Gasteiger partial charge in [0.15, 0.2) is 11.5 Å². The second kappa shape index (κ2) is 6.86. The fourth-order valence-electron chi connectivity index (χ4n) is 3.53. The Labute approximate surface area is 141 Å². The zero-order valence-electron chi connectivity index (χ0n) is 13.8. The number of benzene rings is 1. The number of nitrogens with two attached hydrogens (primary N) is 1. The minimum absolute atomic E-state index is 0.112. The number of nitrogens with one attached hydrogen (secondary N) is 1. The summed E-state index contributed by atoms with van der Waals surface area (Å²) in [6, 6.07) is 8.04. The van der Waals surface area contributed by atoms with Crippen LogP contribution in [0.3, 0.4) is 0 Å². The number of para-hydroxylation sites is 1. The van der Waals surface area contributed by atoms with Crippen LogP contribution < -0.4 is 15.8 Å². The van der Waals surface area contributed by atoms with Crippen molar-refractivity contribution in [2.75, 3.05) is 19.4 Å². The van der Waals surface area contributed by atoms with Gasteiger partial charge in [0.1, 0.15) is 5.75 Å². The lowest BCUT2D eigenvalue weighted by Gasteiger charge is -2.31. The average molecular weight is 326 g/mol. The lowest BCUT2D eigenvalue weighted by molar-refractivity contribution is 0.0938. The molecule has 3 N–H and O–H groups in total. The summed E-state index contributed by atoms with van der Waals surface area (Å²) in [4.78, 5) is 20.4. The number of methoxy groups -OCH3 is 1. The first kappa shape index (κ1) is 16.2. The summed E-state index contributed by atoms with van der Waals surface area (Å²) >= 11 is 0. The number of nitrogen functional groups attached to an aromatic ring is 1. The molecule has 1 aromatic carbocycles. The molecule has 1 heterocycles. The van der Waals surface area contributed by atoms with E-state index in [0.29, 0.717) is 6.54 Å². The van der Waals surface area contributed by atoms with Crippen LogP contribution in [0.2, 0.25) is 0 Å². The predicted octanol–water partition coefficient (Wildman–Crippen LogP) is 2.31. The second-order valence-electron chi connectivity index (χ2n) is 6.16. The third kappa shape index (κ3) is 3.04. The fourth-order valence-corrected chi connectivity index (χ4v) is 3.53. The molecule has 3 rings (SSSR count). The lowest BCUT2D eigenvalue weighted by Crippen LogP contribution is -2.39. The van der Waals surface area contributed by atoms with Crippen molar-refractivity contribution in [3.63, 3.8) is 0 Å². The minimum atomic E-state index is -0.290. The summed E-state index contributed by atoms with van der Waals surface area (Å²) < 4.78 is 5.54. The van der Waals surface area contributed by atoms with E-state index < -0.39 is 0 Å². The molecular weight excluding hydrogens is 304 g/mol. The molecule has 6 nitrogen and oxygen atoms in total. The largest absolute Gasteiger partial charge is 0.496 e. The van der Waals surface area contributed by atoms with Crippen molar-refractivity contribution in [2.45, 2.75) is 31.1 Å². The van der Waals surface area contributed by atoms with Crippen LogP contribution in [0.4, 0.5) is 5.82 Å². The van der Waals surface area contributed by atoms with Crippen molar-refractivity contribution < 1.29 is 9.53 Å². The Bertz CT molecular complexity index is 726. The highest BCUT2D eigenvalue weighted by atomic mass is 16.5. The van der Waals surface area contributed by atoms with E-state index >= 15 is 0 Å². The van der Waals surface area contributed by atoms with Gasteiger partial charge in [-0.1, -0.05) is 31.0 Å². The number of ether oxygens (including phenoxy) is 1. The Morgan fingerprint density at radius 1 is 1.25 bits per heavy atom. The zero-order chi connectivity index (χ0) is 17.0. The van der Waals surface area contributed by atoms with Crippen LogP contribution in [0, 0.1) is 0 Å². The standard InChI is InChI=1S/C18H22N4O2/c1-24-14-7-3-2-6-13(14)18(8-4-5-9-18)12-22-17(23)15-16(19)21-11-10-20-15/h2-3,6-7,10-11H,4-5,8-9,12H2,1H3,(H2,19,21)(H,22,23). The van der Waals surface area contributed by atoms with Crippen LogP contribution in [-0.4, -0.2) is 29.5 Å². The molecule has 0 saturated heterocycles. The normalized spacial score (nSPS) is 15.9. The molecule has 24 heavy (non-hydrogen) atoms. The molecule has 1 aliphatic carbocycles. The molecule has 0 aliphatic heterocycles. The number of hydrogen-bond donors (Lipinski definition) is 2. The van der Waals surface area contributed by atoms with Gasteiger partial charge in [0.25, 0.3) is 5.91 Å². The van der Waals surface area contributed by atoms with Gasteiger partial charge >= 0.3 is 0 Å². The molecule has 0 radical (unpaired) electrons. The van der Waals surface area contributed by atoms with Gasteiger partial charge in [-0.2, -0.15) is 0 Å². The van der Waals surface area contributed by atoms with E-state index in [-0.39, 0.29) is 22.8 Å². The third-order valence-electron chi connectivity index (χ3n) is 4.77. The Morgan fingerprint density at radius 3 is 2.67 bits per heavy atom. The van der Waals surface area contributed by atoms with Gasteiger partial charge in [0.2, 0.25) is 0 Å². The van der Waals surface area contributed by atoms with Crippen LogP contribution >= 0.6 is 0 Å². The quantitative estimate of drug-likeness (QED) is 0.880. The molecule has 1 aromatic heterocycles. The molecule has 126 valence electrons. The molecule has 1 aliphatic rings. The van der Waals surface area contributed by atoms with Crippen LogP contribution in [0.25, 0.3) is 0 Å². The van der Waals surface area contributed by atoms with Crippen molar-refractivity contribution in [3.8, 4) is 5.75 Å². The van der Waals surface area contributed by atoms with Crippen molar-refractivity contribution in [1.82, 2.24) is 15.3 Å². The average Bonchev–Trinajstić information content (AvgIpc) is 3.10. The molecule has 1 saturated carbocycles. The van der Waals surface area contributed by atoms with Crippen LogP contribution in [0.15, 0.2) is 36.7 Å². The molecule has 0 atom stereocenters. The van der Waals surface area contributed by atoms with Gasteiger partial charge in [0.05, 0.1) is 7.11 Å². The molecule has 1 amide bonds. The first-order valence-electron chi connectivity index (χ1n) is 8.14. The minimum Gasteiger partial charge on any atom is -0.496 e. The van der Waals surface area contributed by atoms with E-state index in [9.17, 15) is 4.79 Å². The van der Waals surface area contributed by atoms with Gasteiger partial charge in [-0.15, -0.1) is 0 Å². The molecule has 0 spiro atoms. The van der Waals surface area contributed by atoms with Gasteiger partial charge in [-0.3, -0.25) is 4.79 Å². The first-order chi connectivity index (χ1) is 11.7. The molecule has 6 heteroatoms. The highest BCUT2D eigenvalue weighted by molar-refractivity contribution is 5.96. The van der Waals surface area contributed by atoms with Gasteiger partial charge in [-0.05, 0) is 18.9 Å². The number of aromatic nitrogens is 2. The van der Waals surface area contributed by atoms with Crippen molar-refractivity contribution >= 4 is 11.7 Å². The Kier molecular flexibility index (Phi) is 4.64. The third-order valence-corrected chi connectivity index (χ3v) is 4.77. The molecule has 0 unspecified atom stereocenters. The molecule has 1 fully saturated rings. The Hall–Kier alpha value is -2.63. The zero-order valence-corrected chi connectivity index (χ0v) is 13.8. The SMILES string of the molecule is COc1ccccc1C1(CNC(=O)c2nccnc2N)CCCC1. The highest BCUT2D eigenvalue weighted by Gasteiger charge is 2.38. The van der Waals surface area contributed by atoms with Crippen molar-refractivity contribution in [2.24, 2.45) is 0 Å².